The number of carbonyl (C=O) groups excluding carboxylic acids is 1. The summed E-state index contributed by atoms with van der Waals surface area (Å²) in [7, 11) is 0. The zero-order chi connectivity index (χ0) is 10.3. The summed E-state index contributed by atoms with van der Waals surface area (Å²) in [5.74, 6) is -0.281. The molecule has 0 fully saturated rings. The second kappa shape index (κ2) is 6.76. The minimum atomic E-state index is -2.24. The first-order valence-corrected chi connectivity index (χ1v) is 4.73. The van der Waals surface area contributed by atoms with E-state index in [4.69, 9.17) is 4.55 Å². The Morgan fingerprint density at radius 3 is 2.92 bits per heavy atom. The first-order valence-electron chi connectivity index (χ1n) is 3.70. The van der Waals surface area contributed by atoms with Crippen molar-refractivity contribution in [3.8, 4) is 0 Å². The molecule has 0 radical (unpaired) electrons. The molecule has 0 aliphatic heterocycles. The molecule has 0 bridgehead atoms. The lowest BCUT2D eigenvalue weighted by atomic mass is 10.2. The summed E-state index contributed by atoms with van der Waals surface area (Å²) in [5, 5.41) is 2.54. The average molecular weight is 207 g/mol. The molecule has 0 rings (SSSR count). The van der Waals surface area contributed by atoms with Crippen LogP contribution in [0.1, 0.15) is 6.92 Å². The molecule has 0 aromatic rings. The van der Waals surface area contributed by atoms with Gasteiger partial charge in [-0.15, -0.1) is 0 Å². The van der Waals surface area contributed by atoms with E-state index >= 15 is 0 Å². The van der Waals surface area contributed by atoms with Crippen molar-refractivity contribution in [3.05, 3.63) is 12.7 Å². The Hall–Kier alpha value is -0.720. The van der Waals surface area contributed by atoms with Gasteiger partial charge in [-0.05, 0) is 12.0 Å². The predicted molar refractivity (Wildman–Crippen MR) is 49.1 cm³/mol. The number of rotatable bonds is 6. The zero-order valence-corrected chi connectivity index (χ0v) is 8.17. The highest BCUT2D eigenvalue weighted by Crippen LogP contribution is 1.94. The van der Waals surface area contributed by atoms with E-state index in [0.29, 0.717) is 6.54 Å². The van der Waals surface area contributed by atoms with Gasteiger partial charge in [-0.2, -0.15) is 4.21 Å². The standard InChI is InChI=1S/C7H13NO4S/c1-3-7(9)8-4-6(2)5-12-13(10)11/h3,6H,1,4-5H2,2H3,(H,8,9)(H,10,11). The van der Waals surface area contributed by atoms with Crippen LogP contribution in [0.15, 0.2) is 12.7 Å². The molecule has 0 aromatic carbocycles. The monoisotopic (exact) mass is 207 g/mol. The molecular weight excluding hydrogens is 194 g/mol. The molecule has 0 heterocycles. The SMILES string of the molecule is C=CC(=O)NCC(C)COS(=O)O. The van der Waals surface area contributed by atoms with Gasteiger partial charge in [-0.1, -0.05) is 13.5 Å². The van der Waals surface area contributed by atoms with Crippen molar-refractivity contribution in [1.29, 1.82) is 0 Å². The lowest BCUT2D eigenvalue weighted by Crippen LogP contribution is -2.28. The van der Waals surface area contributed by atoms with E-state index in [2.05, 4.69) is 16.1 Å². The summed E-state index contributed by atoms with van der Waals surface area (Å²) in [6.45, 7) is 5.59. The van der Waals surface area contributed by atoms with Gasteiger partial charge in [0.15, 0.2) is 0 Å². The molecule has 0 saturated carbocycles. The lowest BCUT2D eigenvalue weighted by Gasteiger charge is -2.09. The molecular formula is C7H13NO4S. The molecule has 2 N–H and O–H groups in total. The van der Waals surface area contributed by atoms with Crippen LogP contribution in [0.5, 0.6) is 0 Å². The highest BCUT2D eigenvalue weighted by Gasteiger charge is 2.05. The minimum absolute atomic E-state index is 0.0139. The predicted octanol–water partition coefficient (Wildman–Crippen LogP) is 0.0780. The van der Waals surface area contributed by atoms with E-state index in [-0.39, 0.29) is 18.4 Å². The Bertz CT molecular complexity index is 207. The Morgan fingerprint density at radius 2 is 2.46 bits per heavy atom. The summed E-state index contributed by atoms with van der Waals surface area (Å²) in [6.07, 6.45) is 1.16. The highest BCUT2D eigenvalue weighted by molar-refractivity contribution is 7.74. The first kappa shape index (κ1) is 12.3. The Labute approximate surface area is 79.7 Å². The van der Waals surface area contributed by atoms with Gasteiger partial charge in [0.2, 0.25) is 5.91 Å². The molecule has 5 nitrogen and oxygen atoms in total. The Kier molecular flexibility index (Phi) is 6.38. The van der Waals surface area contributed by atoms with Crippen LogP contribution in [0, 0.1) is 5.92 Å². The van der Waals surface area contributed by atoms with Crippen molar-refractivity contribution in [3.63, 3.8) is 0 Å². The van der Waals surface area contributed by atoms with Gasteiger partial charge < -0.3 is 5.32 Å². The van der Waals surface area contributed by atoms with Crippen molar-refractivity contribution >= 4 is 17.3 Å². The molecule has 76 valence electrons. The maximum atomic E-state index is 10.7. The molecule has 1 amide bonds. The molecule has 2 atom stereocenters. The molecule has 6 heteroatoms. The third-order valence-corrected chi connectivity index (χ3v) is 1.60. The van der Waals surface area contributed by atoms with Gasteiger partial charge in [0.05, 0.1) is 6.61 Å². The molecule has 13 heavy (non-hydrogen) atoms. The van der Waals surface area contributed by atoms with Crippen LogP contribution in [0.2, 0.25) is 0 Å². The number of hydrogen-bond donors (Lipinski definition) is 2. The van der Waals surface area contributed by atoms with Crippen LogP contribution in [0.3, 0.4) is 0 Å². The van der Waals surface area contributed by atoms with Crippen LogP contribution in [-0.2, 0) is 20.3 Å². The minimum Gasteiger partial charge on any atom is -0.352 e. The summed E-state index contributed by atoms with van der Waals surface area (Å²) < 4.78 is 22.8. The van der Waals surface area contributed by atoms with Crippen LogP contribution in [0.25, 0.3) is 0 Å². The zero-order valence-electron chi connectivity index (χ0n) is 7.36. The molecule has 2 unspecified atom stereocenters. The maximum absolute atomic E-state index is 10.7. The van der Waals surface area contributed by atoms with Crippen LogP contribution >= 0.6 is 0 Å². The lowest BCUT2D eigenvalue weighted by molar-refractivity contribution is -0.116. The van der Waals surface area contributed by atoms with E-state index in [9.17, 15) is 9.00 Å². The van der Waals surface area contributed by atoms with Gasteiger partial charge in [0.1, 0.15) is 0 Å². The maximum Gasteiger partial charge on any atom is 0.301 e. The van der Waals surface area contributed by atoms with Crippen LogP contribution < -0.4 is 5.32 Å². The van der Waals surface area contributed by atoms with Crippen molar-refractivity contribution in [1.82, 2.24) is 5.32 Å². The number of hydrogen-bond acceptors (Lipinski definition) is 3. The Morgan fingerprint density at radius 1 is 1.85 bits per heavy atom. The summed E-state index contributed by atoms with van der Waals surface area (Å²) in [4.78, 5) is 10.7. The van der Waals surface area contributed by atoms with Crippen molar-refractivity contribution in [2.24, 2.45) is 5.92 Å². The van der Waals surface area contributed by atoms with Gasteiger partial charge in [-0.3, -0.25) is 13.5 Å². The fraction of sp³-hybridized carbons (Fsp3) is 0.571. The number of carbonyl (C=O) groups is 1. The van der Waals surface area contributed by atoms with Crippen molar-refractivity contribution in [2.45, 2.75) is 6.92 Å². The topological polar surface area (TPSA) is 75.6 Å². The average Bonchev–Trinajstić information content (AvgIpc) is 2.10. The summed E-state index contributed by atoms with van der Waals surface area (Å²) in [6, 6.07) is 0. The third kappa shape index (κ3) is 7.63. The van der Waals surface area contributed by atoms with E-state index < -0.39 is 11.4 Å². The van der Waals surface area contributed by atoms with E-state index in [1.807, 2.05) is 0 Å². The molecule has 0 aliphatic carbocycles. The van der Waals surface area contributed by atoms with Crippen LogP contribution in [0.4, 0.5) is 0 Å². The fourth-order valence-electron chi connectivity index (χ4n) is 0.580. The molecule has 0 spiro atoms. The molecule has 0 saturated heterocycles. The third-order valence-electron chi connectivity index (χ3n) is 1.26. The van der Waals surface area contributed by atoms with Crippen molar-refractivity contribution < 1.29 is 17.7 Å². The van der Waals surface area contributed by atoms with E-state index in [0.717, 1.165) is 6.08 Å². The van der Waals surface area contributed by atoms with Gasteiger partial charge in [0, 0.05) is 6.54 Å². The second-order valence-electron chi connectivity index (χ2n) is 2.56. The van der Waals surface area contributed by atoms with Gasteiger partial charge >= 0.3 is 11.4 Å². The summed E-state index contributed by atoms with van der Waals surface area (Å²) >= 11 is -2.24. The van der Waals surface area contributed by atoms with E-state index in [1.54, 1.807) is 6.92 Å². The van der Waals surface area contributed by atoms with Gasteiger partial charge in [0.25, 0.3) is 0 Å². The fourth-order valence-corrected chi connectivity index (χ4v) is 0.929. The Balaban J connectivity index is 3.50. The largest absolute Gasteiger partial charge is 0.352 e. The molecule has 0 aromatic heterocycles. The summed E-state index contributed by atoms with van der Waals surface area (Å²) in [5.41, 5.74) is 0. The smallest absolute Gasteiger partial charge is 0.301 e. The first-order chi connectivity index (χ1) is 6.06. The second-order valence-corrected chi connectivity index (χ2v) is 3.23. The molecule has 0 aliphatic rings. The van der Waals surface area contributed by atoms with Crippen LogP contribution in [-0.4, -0.2) is 27.8 Å². The van der Waals surface area contributed by atoms with E-state index in [1.165, 1.54) is 0 Å². The van der Waals surface area contributed by atoms with Gasteiger partial charge in [-0.25, -0.2) is 0 Å². The number of amides is 1. The highest BCUT2D eigenvalue weighted by atomic mass is 32.2. The van der Waals surface area contributed by atoms with Crippen molar-refractivity contribution in [2.75, 3.05) is 13.2 Å². The number of nitrogens with one attached hydrogen (secondary N) is 1. The normalized spacial score (nSPS) is 14.6. The quantitative estimate of drug-likeness (QED) is 0.477.